The largest absolute Gasteiger partial charge is 0.377 e. The van der Waals surface area contributed by atoms with Gasteiger partial charge in [-0.05, 0) is 30.9 Å². The molecule has 0 aliphatic rings. The highest BCUT2D eigenvalue weighted by molar-refractivity contribution is 6.31. The lowest BCUT2D eigenvalue weighted by Gasteiger charge is -2.36. The van der Waals surface area contributed by atoms with Crippen molar-refractivity contribution in [1.82, 2.24) is 4.98 Å². The van der Waals surface area contributed by atoms with Crippen LogP contribution in [0.2, 0.25) is 5.02 Å². The van der Waals surface area contributed by atoms with Gasteiger partial charge in [-0.1, -0.05) is 25.4 Å². The highest BCUT2D eigenvalue weighted by atomic mass is 35.5. The van der Waals surface area contributed by atoms with Gasteiger partial charge in [-0.25, -0.2) is 0 Å². The van der Waals surface area contributed by atoms with Crippen molar-refractivity contribution in [3.8, 4) is 0 Å². The van der Waals surface area contributed by atoms with Crippen molar-refractivity contribution in [2.75, 3.05) is 7.11 Å². The summed E-state index contributed by atoms with van der Waals surface area (Å²) in [5.41, 5.74) is 7.04. The minimum absolute atomic E-state index is 0.0672. The second-order valence-electron chi connectivity index (χ2n) is 4.25. The van der Waals surface area contributed by atoms with E-state index in [9.17, 15) is 0 Å². The molecule has 0 saturated carbocycles. The van der Waals surface area contributed by atoms with Crippen LogP contribution in [0.25, 0.3) is 0 Å². The Morgan fingerprint density at radius 3 is 2.59 bits per heavy atom. The molecule has 0 fully saturated rings. The van der Waals surface area contributed by atoms with Crippen LogP contribution >= 0.6 is 11.6 Å². The number of hydrogen-bond donors (Lipinski definition) is 1. The first-order chi connectivity index (χ1) is 8.09. The average Bonchev–Trinajstić information content (AvgIpc) is 2.35. The third-order valence-electron chi connectivity index (χ3n) is 3.58. The highest BCUT2D eigenvalue weighted by Gasteiger charge is 2.33. The quantitative estimate of drug-likeness (QED) is 0.852. The van der Waals surface area contributed by atoms with Crippen molar-refractivity contribution < 1.29 is 4.74 Å². The molecule has 1 aromatic heterocycles. The lowest BCUT2D eigenvalue weighted by Crippen LogP contribution is -2.50. The summed E-state index contributed by atoms with van der Waals surface area (Å²) in [6.07, 6.45) is 5.88. The SMILES string of the molecule is CCC(CC)(OC)C(N)Cc1ccncc1Cl. The number of ether oxygens (including phenoxy) is 1. The summed E-state index contributed by atoms with van der Waals surface area (Å²) >= 11 is 6.09. The predicted octanol–water partition coefficient (Wildman–Crippen LogP) is 2.81. The zero-order valence-corrected chi connectivity index (χ0v) is 11.5. The van der Waals surface area contributed by atoms with Crippen molar-refractivity contribution in [1.29, 1.82) is 0 Å². The number of methoxy groups -OCH3 is 1. The molecule has 1 heterocycles. The lowest BCUT2D eigenvalue weighted by atomic mass is 9.85. The molecule has 0 spiro atoms. The predicted molar refractivity (Wildman–Crippen MR) is 71.2 cm³/mol. The van der Waals surface area contributed by atoms with E-state index in [1.807, 2.05) is 6.07 Å². The number of nitrogens with zero attached hydrogens (tertiary/aromatic N) is 1. The van der Waals surface area contributed by atoms with Gasteiger partial charge in [0, 0.05) is 25.5 Å². The lowest BCUT2D eigenvalue weighted by molar-refractivity contribution is -0.0374. The molecular weight excluding hydrogens is 236 g/mol. The van der Waals surface area contributed by atoms with Gasteiger partial charge >= 0.3 is 0 Å². The number of pyridine rings is 1. The van der Waals surface area contributed by atoms with Gasteiger partial charge in [-0.3, -0.25) is 4.98 Å². The third-order valence-corrected chi connectivity index (χ3v) is 3.92. The Morgan fingerprint density at radius 1 is 1.47 bits per heavy atom. The number of rotatable bonds is 6. The topological polar surface area (TPSA) is 48.1 Å². The number of halogens is 1. The van der Waals surface area contributed by atoms with Crippen LogP contribution in [0.4, 0.5) is 0 Å². The van der Waals surface area contributed by atoms with E-state index in [4.69, 9.17) is 22.1 Å². The van der Waals surface area contributed by atoms with Crippen LogP contribution in [0.1, 0.15) is 32.3 Å². The monoisotopic (exact) mass is 256 g/mol. The van der Waals surface area contributed by atoms with Crippen LogP contribution in [0, 0.1) is 0 Å². The zero-order valence-electron chi connectivity index (χ0n) is 10.7. The first-order valence-electron chi connectivity index (χ1n) is 5.98. The minimum Gasteiger partial charge on any atom is -0.377 e. The van der Waals surface area contributed by atoms with Crippen molar-refractivity contribution in [2.24, 2.45) is 5.73 Å². The molecule has 0 saturated heterocycles. The molecule has 96 valence electrons. The molecule has 0 bridgehead atoms. The molecule has 1 aromatic rings. The second kappa shape index (κ2) is 6.34. The maximum absolute atomic E-state index is 6.28. The maximum atomic E-state index is 6.28. The van der Waals surface area contributed by atoms with Crippen LogP contribution in [-0.4, -0.2) is 23.7 Å². The van der Waals surface area contributed by atoms with Crippen molar-refractivity contribution in [3.63, 3.8) is 0 Å². The number of aromatic nitrogens is 1. The molecule has 0 radical (unpaired) electrons. The minimum atomic E-state index is -0.271. The summed E-state index contributed by atoms with van der Waals surface area (Å²) < 4.78 is 5.63. The first kappa shape index (κ1) is 14.4. The van der Waals surface area contributed by atoms with Gasteiger partial charge in [0.2, 0.25) is 0 Å². The summed E-state index contributed by atoms with van der Waals surface area (Å²) in [6.45, 7) is 4.20. The Morgan fingerprint density at radius 2 is 2.12 bits per heavy atom. The molecule has 3 nitrogen and oxygen atoms in total. The highest BCUT2D eigenvalue weighted by Crippen LogP contribution is 2.26. The molecule has 1 atom stereocenters. The maximum Gasteiger partial charge on any atom is 0.0826 e. The number of nitrogens with two attached hydrogens (primary N) is 1. The van der Waals surface area contributed by atoms with E-state index in [2.05, 4.69) is 18.8 Å². The Hall–Kier alpha value is -0.640. The summed E-state index contributed by atoms with van der Waals surface area (Å²) in [4.78, 5) is 3.97. The van der Waals surface area contributed by atoms with Crippen LogP contribution in [0.3, 0.4) is 0 Å². The van der Waals surface area contributed by atoms with Crippen molar-refractivity contribution in [2.45, 2.75) is 44.8 Å². The van der Waals surface area contributed by atoms with E-state index in [1.54, 1.807) is 19.5 Å². The van der Waals surface area contributed by atoms with Crippen LogP contribution in [0.5, 0.6) is 0 Å². The van der Waals surface area contributed by atoms with E-state index in [1.165, 1.54) is 0 Å². The fourth-order valence-electron chi connectivity index (χ4n) is 2.21. The summed E-state index contributed by atoms with van der Waals surface area (Å²) in [7, 11) is 1.72. The Kier molecular flexibility index (Phi) is 5.37. The molecule has 0 aliphatic carbocycles. The van der Waals surface area contributed by atoms with E-state index in [0.717, 1.165) is 18.4 Å². The fourth-order valence-corrected chi connectivity index (χ4v) is 2.40. The molecule has 1 rings (SSSR count). The molecule has 0 amide bonds. The van der Waals surface area contributed by atoms with Gasteiger partial charge in [0.25, 0.3) is 0 Å². The third kappa shape index (κ3) is 3.18. The van der Waals surface area contributed by atoms with E-state index < -0.39 is 0 Å². The van der Waals surface area contributed by atoms with Gasteiger partial charge < -0.3 is 10.5 Å². The fraction of sp³-hybridized carbons (Fsp3) is 0.615. The van der Waals surface area contributed by atoms with Gasteiger partial charge in [-0.2, -0.15) is 0 Å². The van der Waals surface area contributed by atoms with Gasteiger partial charge in [-0.15, -0.1) is 0 Å². The molecular formula is C13H21ClN2O. The van der Waals surface area contributed by atoms with Gasteiger partial charge in [0.1, 0.15) is 0 Å². The number of hydrogen-bond acceptors (Lipinski definition) is 3. The van der Waals surface area contributed by atoms with E-state index >= 15 is 0 Å². The first-order valence-corrected chi connectivity index (χ1v) is 6.36. The van der Waals surface area contributed by atoms with Crippen LogP contribution in [-0.2, 0) is 11.2 Å². The standard InChI is InChI=1S/C13H21ClN2O/c1-4-13(5-2,17-3)12(15)8-10-6-7-16-9-11(10)14/h6-7,9,12H,4-5,8,15H2,1-3H3. The van der Waals surface area contributed by atoms with Crippen molar-refractivity contribution in [3.05, 3.63) is 29.0 Å². The molecule has 0 aromatic carbocycles. The van der Waals surface area contributed by atoms with Crippen LogP contribution in [0.15, 0.2) is 18.5 Å². The summed E-state index contributed by atoms with van der Waals surface area (Å²) in [5, 5.41) is 0.667. The molecule has 0 aliphatic heterocycles. The van der Waals surface area contributed by atoms with Crippen molar-refractivity contribution >= 4 is 11.6 Å². The summed E-state index contributed by atoms with van der Waals surface area (Å²) in [6, 6.07) is 1.84. The van der Waals surface area contributed by atoms with E-state index in [0.29, 0.717) is 11.4 Å². The molecule has 1 unspecified atom stereocenters. The average molecular weight is 257 g/mol. The molecule has 4 heteroatoms. The summed E-state index contributed by atoms with van der Waals surface area (Å²) in [5.74, 6) is 0. The smallest absolute Gasteiger partial charge is 0.0826 e. The second-order valence-corrected chi connectivity index (χ2v) is 4.66. The molecule has 17 heavy (non-hydrogen) atoms. The van der Waals surface area contributed by atoms with E-state index in [-0.39, 0.29) is 11.6 Å². The Bertz CT molecular complexity index is 345. The normalized spacial score (nSPS) is 13.7. The van der Waals surface area contributed by atoms with Gasteiger partial charge in [0.05, 0.1) is 10.6 Å². The van der Waals surface area contributed by atoms with Crippen LogP contribution < -0.4 is 5.73 Å². The Balaban J connectivity index is 2.84. The zero-order chi connectivity index (χ0) is 12.9. The Labute approximate surface area is 108 Å². The van der Waals surface area contributed by atoms with Gasteiger partial charge in [0.15, 0.2) is 0 Å². The molecule has 2 N–H and O–H groups in total.